The molecule has 0 aliphatic heterocycles. The molecule has 0 atom stereocenters. The lowest BCUT2D eigenvalue weighted by molar-refractivity contribution is 1.28. The van der Waals surface area contributed by atoms with Crippen LogP contribution in [-0.2, 0) is 0 Å². The second-order valence-corrected chi connectivity index (χ2v) is 16.0. The van der Waals surface area contributed by atoms with Crippen LogP contribution in [-0.4, -0.2) is 0 Å². The fourth-order valence-corrected chi connectivity index (χ4v) is 8.53. The van der Waals surface area contributed by atoms with Crippen molar-refractivity contribution in [2.75, 3.05) is 9.80 Å². The molecule has 3 heteroatoms. The third-order valence-electron chi connectivity index (χ3n) is 11.5. The number of rotatable bonds is 11. The Morgan fingerprint density at radius 1 is 0.190 bits per heavy atom. The van der Waals surface area contributed by atoms with E-state index in [9.17, 15) is 0 Å². The number of hydrogen-bond acceptors (Lipinski definition) is 2. The standard InChI is InChI=1S/C60H43ClN2/c61-54-41-53(42-60(43-54)63(58-35-25-50(26-36-58)46-17-9-3-10-18-46)59-37-27-51(28-38-59)47-19-11-4-12-20-47)52-29-39-57(40-30-52)62(55-31-21-48(22-32-55)44-13-5-1-6-14-44)56-33-23-49(24-34-56)45-15-7-2-8-16-45/h1-43H. The average Bonchev–Trinajstić information content (AvgIpc) is 3.36. The largest absolute Gasteiger partial charge is 0.311 e. The number of halogens is 1. The van der Waals surface area contributed by atoms with Crippen LogP contribution in [0.1, 0.15) is 0 Å². The Hall–Kier alpha value is -7.91. The second-order valence-electron chi connectivity index (χ2n) is 15.6. The van der Waals surface area contributed by atoms with Crippen LogP contribution in [0.5, 0.6) is 0 Å². The molecule has 0 radical (unpaired) electrons. The van der Waals surface area contributed by atoms with Crippen molar-refractivity contribution in [2.24, 2.45) is 0 Å². The Labute approximate surface area is 375 Å². The number of hydrogen-bond donors (Lipinski definition) is 0. The number of benzene rings is 10. The molecule has 0 N–H and O–H groups in total. The van der Waals surface area contributed by atoms with Gasteiger partial charge in [-0.2, -0.15) is 0 Å². The van der Waals surface area contributed by atoms with Crippen molar-refractivity contribution in [1.82, 2.24) is 0 Å². The highest BCUT2D eigenvalue weighted by atomic mass is 35.5. The van der Waals surface area contributed by atoms with Gasteiger partial charge in [-0.1, -0.05) is 194 Å². The maximum atomic E-state index is 7.05. The summed E-state index contributed by atoms with van der Waals surface area (Å²) in [6, 6.07) is 92.3. The van der Waals surface area contributed by atoms with Crippen LogP contribution in [0.3, 0.4) is 0 Å². The van der Waals surface area contributed by atoms with Crippen molar-refractivity contribution >= 4 is 45.7 Å². The van der Waals surface area contributed by atoms with Gasteiger partial charge in [-0.05, 0) is 134 Å². The van der Waals surface area contributed by atoms with Gasteiger partial charge in [0.05, 0.1) is 0 Å². The van der Waals surface area contributed by atoms with Crippen LogP contribution < -0.4 is 9.80 Å². The predicted octanol–water partition coefficient (Wildman–Crippen LogP) is 17.6. The summed E-state index contributed by atoms with van der Waals surface area (Å²) >= 11 is 7.05. The molecule has 10 rings (SSSR count). The van der Waals surface area contributed by atoms with E-state index in [0.717, 1.165) is 45.3 Å². The topological polar surface area (TPSA) is 6.48 Å². The van der Waals surface area contributed by atoms with Crippen LogP contribution in [0.2, 0.25) is 5.02 Å². The van der Waals surface area contributed by atoms with Crippen molar-refractivity contribution < 1.29 is 0 Å². The molecule has 0 fully saturated rings. The van der Waals surface area contributed by atoms with E-state index in [2.05, 4.69) is 271 Å². The maximum absolute atomic E-state index is 7.05. The summed E-state index contributed by atoms with van der Waals surface area (Å²) in [6.45, 7) is 0. The molecule has 0 unspecified atom stereocenters. The van der Waals surface area contributed by atoms with Gasteiger partial charge in [-0.3, -0.25) is 0 Å². The quantitative estimate of drug-likeness (QED) is 0.128. The minimum atomic E-state index is 0.664. The van der Waals surface area contributed by atoms with Crippen LogP contribution in [0.25, 0.3) is 55.6 Å². The van der Waals surface area contributed by atoms with Gasteiger partial charge >= 0.3 is 0 Å². The zero-order chi connectivity index (χ0) is 42.4. The van der Waals surface area contributed by atoms with Crippen molar-refractivity contribution in [3.63, 3.8) is 0 Å². The monoisotopic (exact) mass is 826 g/mol. The first-order chi connectivity index (χ1) is 31.1. The minimum absolute atomic E-state index is 0.664. The molecule has 2 nitrogen and oxygen atoms in total. The van der Waals surface area contributed by atoms with Gasteiger partial charge in [-0.25, -0.2) is 0 Å². The van der Waals surface area contributed by atoms with Gasteiger partial charge < -0.3 is 9.80 Å². The normalized spacial score (nSPS) is 10.9. The summed E-state index contributed by atoms with van der Waals surface area (Å²) in [5.41, 5.74) is 17.8. The highest BCUT2D eigenvalue weighted by Gasteiger charge is 2.18. The molecular weight excluding hydrogens is 784 g/mol. The van der Waals surface area contributed by atoms with E-state index in [1.165, 1.54) is 44.5 Å². The summed E-state index contributed by atoms with van der Waals surface area (Å²) in [4.78, 5) is 4.60. The maximum Gasteiger partial charge on any atom is 0.0482 e. The number of nitrogens with zero attached hydrogens (tertiary/aromatic N) is 2. The zero-order valence-electron chi connectivity index (χ0n) is 34.6. The highest BCUT2D eigenvalue weighted by molar-refractivity contribution is 6.31. The molecule has 0 aliphatic rings. The molecule has 0 heterocycles. The fourth-order valence-electron chi connectivity index (χ4n) is 8.30. The Morgan fingerprint density at radius 3 is 0.683 bits per heavy atom. The van der Waals surface area contributed by atoms with Gasteiger partial charge in [-0.15, -0.1) is 0 Å². The van der Waals surface area contributed by atoms with Gasteiger partial charge in [0, 0.05) is 39.1 Å². The van der Waals surface area contributed by atoms with Crippen LogP contribution in [0, 0.1) is 0 Å². The SMILES string of the molecule is Clc1cc(-c2ccc(N(c3ccc(-c4ccccc4)cc3)c3ccc(-c4ccccc4)cc3)cc2)cc(N(c2ccc(-c3ccccc3)cc2)c2ccc(-c3ccccc3)cc2)c1. The smallest absolute Gasteiger partial charge is 0.0482 e. The van der Waals surface area contributed by atoms with Crippen LogP contribution in [0.4, 0.5) is 34.1 Å². The van der Waals surface area contributed by atoms with Crippen molar-refractivity contribution in [3.8, 4) is 55.6 Å². The molecule has 0 saturated heterocycles. The molecule has 0 spiro atoms. The molecule has 0 bridgehead atoms. The first kappa shape index (κ1) is 39.2. The third-order valence-corrected chi connectivity index (χ3v) is 11.7. The lowest BCUT2D eigenvalue weighted by Crippen LogP contribution is -2.10. The molecular formula is C60H43ClN2. The first-order valence-electron chi connectivity index (χ1n) is 21.3. The molecule has 0 aliphatic carbocycles. The second kappa shape index (κ2) is 18.0. The highest BCUT2D eigenvalue weighted by Crippen LogP contribution is 2.42. The Balaban J connectivity index is 1.01. The summed E-state index contributed by atoms with van der Waals surface area (Å²) < 4.78 is 0. The van der Waals surface area contributed by atoms with E-state index >= 15 is 0 Å². The van der Waals surface area contributed by atoms with E-state index in [4.69, 9.17) is 11.6 Å². The average molecular weight is 827 g/mol. The minimum Gasteiger partial charge on any atom is -0.311 e. The molecule has 63 heavy (non-hydrogen) atoms. The van der Waals surface area contributed by atoms with Crippen LogP contribution >= 0.6 is 11.6 Å². The van der Waals surface area contributed by atoms with E-state index in [1.54, 1.807) is 0 Å². The van der Waals surface area contributed by atoms with Gasteiger partial charge in [0.25, 0.3) is 0 Å². The summed E-state index contributed by atoms with van der Waals surface area (Å²) in [7, 11) is 0. The Morgan fingerprint density at radius 2 is 0.413 bits per heavy atom. The lowest BCUT2D eigenvalue weighted by atomic mass is 10.0. The van der Waals surface area contributed by atoms with E-state index < -0.39 is 0 Å². The Bertz CT molecular complexity index is 2880. The number of anilines is 6. The Kier molecular flexibility index (Phi) is 11.2. The summed E-state index contributed by atoms with van der Waals surface area (Å²) in [5.74, 6) is 0. The first-order valence-corrected chi connectivity index (χ1v) is 21.6. The fraction of sp³-hybridized carbons (Fsp3) is 0. The van der Waals surface area contributed by atoms with Gasteiger partial charge in [0.2, 0.25) is 0 Å². The lowest BCUT2D eigenvalue weighted by Gasteiger charge is -2.27. The molecule has 0 amide bonds. The van der Waals surface area contributed by atoms with Crippen molar-refractivity contribution in [3.05, 3.63) is 266 Å². The van der Waals surface area contributed by atoms with Gasteiger partial charge in [0.1, 0.15) is 0 Å². The molecule has 300 valence electrons. The third kappa shape index (κ3) is 8.67. The van der Waals surface area contributed by atoms with E-state index in [-0.39, 0.29) is 0 Å². The summed E-state index contributed by atoms with van der Waals surface area (Å²) in [5, 5.41) is 0.664. The molecule has 0 aromatic heterocycles. The molecule has 10 aromatic rings. The van der Waals surface area contributed by atoms with E-state index in [0.29, 0.717) is 5.02 Å². The molecule has 0 saturated carbocycles. The van der Waals surface area contributed by atoms with Gasteiger partial charge in [0.15, 0.2) is 0 Å². The summed E-state index contributed by atoms with van der Waals surface area (Å²) in [6.07, 6.45) is 0. The van der Waals surface area contributed by atoms with Crippen molar-refractivity contribution in [1.29, 1.82) is 0 Å². The van der Waals surface area contributed by atoms with Crippen molar-refractivity contribution in [2.45, 2.75) is 0 Å². The van der Waals surface area contributed by atoms with Crippen LogP contribution in [0.15, 0.2) is 261 Å². The van der Waals surface area contributed by atoms with E-state index in [1.807, 2.05) is 0 Å². The zero-order valence-corrected chi connectivity index (χ0v) is 35.4. The predicted molar refractivity (Wildman–Crippen MR) is 268 cm³/mol. The molecule has 10 aromatic carbocycles.